The van der Waals surface area contributed by atoms with Gasteiger partial charge in [0.2, 0.25) is 0 Å². The first-order valence-electron chi connectivity index (χ1n) is 11.5. The van der Waals surface area contributed by atoms with Crippen LogP contribution in [0, 0.1) is 5.92 Å². The van der Waals surface area contributed by atoms with Crippen molar-refractivity contribution in [2.24, 2.45) is 5.92 Å². The molecule has 0 aliphatic rings. The molecule has 0 saturated carbocycles. The van der Waals surface area contributed by atoms with E-state index in [1.54, 1.807) is 13.8 Å². The monoisotopic (exact) mass is 574 g/mol. The van der Waals surface area contributed by atoms with Gasteiger partial charge in [-0.15, -0.1) is 0 Å². The number of benzene rings is 3. The quantitative estimate of drug-likeness (QED) is 0.228. The number of amides is 2. The highest BCUT2D eigenvalue weighted by Gasteiger charge is 2.34. The number of nitrogens with one attached hydrogen (secondary N) is 1. The normalized spacial score (nSPS) is 12.3. The molecule has 0 heterocycles. The number of anilines is 1. The summed E-state index contributed by atoms with van der Waals surface area (Å²) in [5, 5.41) is 2.28. The molecule has 0 aliphatic carbocycles. The lowest BCUT2D eigenvalue weighted by Gasteiger charge is -2.26. The molecule has 3 aromatic rings. The van der Waals surface area contributed by atoms with Gasteiger partial charge in [-0.05, 0) is 53.9 Å². The summed E-state index contributed by atoms with van der Waals surface area (Å²) in [5.74, 6) is -0.299. The van der Waals surface area contributed by atoms with E-state index in [0.717, 1.165) is 30.3 Å². The lowest BCUT2D eigenvalue weighted by Crippen LogP contribution is -2.37. The van der Waals surface area contributed by atoms with Gasteiger partial charge in [0.25, 0.3) is 0 Å². The van der Waals surface area contributed by atoms with Crippen LogP contribution < -0.4 is 9.50 Å². The van der Waals surface area contributed by atoms with Crippen LogP contribution in [0.2, 0.25) is 0 Å². The Morgan fingerprint density at radius 1 is 0.897 bits per heavy atom. The molecule has 0 saturated heterocycles. The second-order valence-electron chi connectivity index (χ2n) is 8.96. The maximum Gasteiger partial charge on any atom is 0.418 e. The number of carbonyl (C=O) groups excluding carboxylic acids is 1. The van der Waals surface area contributed by atoms with Crippen LogP contribution in [0.25, 0.3) is 0 Å². The minimum Gasteiger partial charge on any atom is -0.379 e. The number of halogens is 6. The number of carbonyl (C=O) groups is 1. The van der Waals surface area contributed by atoms with Gasteiger partial charge < -0.3 is 14.4 Å². The maximum atomic E-state index is 13.4. The first kappa shape index (κ1) is 29.8. The number of nitrogens with zero attached hydrogens (tertiary/aromatic N) is 1. The molecule has 39 heavy (non-hydrogen) atoms. The highest BCUT2D eigenvalue weighted by molar-refractivity contribution is 7.87. The minimum atomic E-state index is -4.76. The second-order valence-corrected chi connectivity index (χ2v) is 10.5. The van der Waals surface area contributed by atoms with Crippen molar-refractivity contribution in [2.45, 2.75) is 37.6 Å². The number of urea groups is 1. The number of hydrogen-bond acceptors (Lipinski definition) is 4. The number of rotatable bonds is 8. The third kappa shape index (κ3) is 8.12. The lowest BCUT2D eigenvalue weighted by atomic mass is 10.1. The Hall–Kier alpha value is -3.74. The summed E-state index contributed by atoms with van der Waals surface area (Å²) < 4.78 is 109. The summed E-state index contributed by atoms with van der Waals surface area (Å²) in [4.78, 5) is 13.5. The van der Waals surface area contributed by atoms with Gasteiger partial charge in [-0.2, -0.15) is 34.8 Å². The minimum absolute atomic E-state index is 0.0747. The fourth-order valence-corrected chi connectivity index (χ4v) is 4.58. The molecule has 0 radical (unpaired) electrons. The van der Waals surface area contributed by atoms with Crippen molar-refractivity contribution in [3.63, 3.8) is 0 Å². The van der Waals surface area contributed by atoms with E-state index < -0.39 is 50.2 Å². The molecule has 3 rings (SSSR count). The first-order valence-corrected chi connectivity index (χ1v) is 12.9. The molecule has 6 nitrogen and oxygen atoms in total. The topological polar surface area (TPSA) is 75.7 Å². The Labute approximate surface area is 221 Å². The number of alkyl halides is 6. The largest absolute Gasteiger partial charge is 0.418 e. The van der Waals surface area contributed by atoms with Crippen LogP contribution in [0.4, 0.5) is 36.8 Å². The van der Waals surface area contributed by atoms with Crippen molar-refractivity contribution in [3.05, 3.63) is 89.5 Å². The Morgan fingerprint density at radius 3 is 2.21 bits per heavy atom. The highest BCUT2D eigenvalue weighted by Crippen LogP contribution is 2.35. The lowest BCUT2D eigenvalue weighted by molar-refractivity contribution is -0.138. The second kappa shape index (κ2) is 11.6. The molecule has 0 aliphatic heterocycles. The van der Waals surface area contributed by atoms with Gasteiger partial charge in [0.15, 0.2) is 0 Å². The molecule has 2 amide bonds. The molecular formula is C26H24F6N2O4S. The molecular weight excluding hydrogens is 550 g/mol. The molecule has 13 heteroatoms. The summed E-state index contributed by atoms with van der Waals surface area (Å²) in [7, 11) is -4.64. The van der Waals surface area contributed by atoms with Crippen LogP contribution in [0.15, 0.2) is 77.7 Å². The summed E-state index contributed by atoms with van der Waals surface area (Å²) >= 11 is 0. The first-order chi connectivity index (χ1) is 18.1. The average molecular weight is 575 g/mol. The standard InChI is InChI=1S/C26H24F6N2O4S/c1-17(2)15-34(24(35)33-23-12-4-3-11-22(23)26(30,31)32)16-18-7-5-9-20(13-18)38-39(36,37)21-10-6-8-19(14-21)25(27,28)29/h3-14,17H,15-16H2,1-2H3,(H,33,35). The van der Waals surface area contributed by atoms with Gasteiger partial charge in [-0.25, -0.2) is 4.79 Å². The smallest absolute Gasteiger partial charge is 0.379 e. The van der Waals surface area contributed by atoms with Gasteiger partial charge in [0.1, 0.15) is 10.6 Å². The van der Waals surface area contributed by atoms with E-state index in [-0.39, 0.29) is 24.8 Å². The molecule has 1 N–H and O–H groups in total. The van der Waals surface area contributed by atoms with Gasteiger partial charge in [0.05, 0.1) is 16.8 Å². The summed E-state index contributed by atoms with van der Waals surface area (Å²) in [5.41, 5.74) is -2.24. The van der Waals surface area contributed by atoms with E-state index in [1.165, 1.54) is 41.3 Å². The average Bonchev–Trinajstić information content (AvgIpc) is 2.82. The summed E-state index contributed by atoms with van der Waals surface area (Å²) in [6.45, 7) is 3.61. The molecule has 0 atom stereocenters. The Balaban J connectivity index is 1.82. The van der Waals surface area contributed by atoms with Crippen molar-refractivity contribution in [2.75, 3.05) is 11.9 Å². The van der Waals surface area contributed by atoms with Crippen LogP contribution in [0.5, 0.6) is 5.75 Å². The van der Waals surface area contributed by atoms with E-state index in [9.17, 15) is 39.6 Å². The Kier molecular flexibility index (Phi) is 8.84. The van der Waals surface area contributed by atoms with Gasteiger partial charge >= 0.3 is 28.5 Å². The summed E-state index contributed by atoms with van der Waals surface area (Å²) in [6.07, 6.45) is -9.45. The molecule has 0 spiro atoms. The van der Waals surface area contributed by atoms with Gasteiger partial charge in [-0.1, -0.05) is 44.2 Å². The zero-order valence-electron chi connectivity index (χ0n) is 20.7. The Bertz CT molecular complexity index is 1420. The van der Waals surface area contributed by atoms with Crippen molar-refractivity contribution in [1.29, 1.82) is 0 Å². The zero-order chi connectivity index (χ0) is 29.0. The molecule has 0 aromatic heterocycles. The molecule has 210 valence electrons. The number of hydrogen-bond donors (Lipinski definition) is 1. The molecule has 0 bridgehead atoms. The molecule has 0 fully saturated rings. The van der Waals surface area contributed by atoms with Crippen molar-refractivity contribution in [3.8, 4) is 5.75 Å². The van der Waals surface area contributed by atoms with Crippen LogP contribution in [-0.4, -0.2) is 25.9 Å². The van der Waals surface area contributed by atoms with E-state index in [0.29, 0.717) is 11.6 Å². The van der Waals surface area contributed by atoms with E-state index in [2.05, 4.69) is 5.32 Å². The van der Waals surface area contributed by atoms with E-state index in [1.807, 2.05) is 0 Å². The molecule has 3 aromatic carbocycles. The Morgan fingerprint density at radius 2 is 1.56 bits per heavy atom. The predicted molar refractivity (Wildman–Crippen MR) is 131 cm³/mol. The zero-order valence-corrected chi connectivity index (χ0v) is 21.5. The summed E-state index contributed by atoms with van der Waals surface area (Å²) in [6, 6.07) is 12.3. The van der Waals surface area contributed by atoms with Crippen LogP contribution in [0.3, 0.4) is 0 Å². The fraction of sp³-hybridized carbons (Fsp3) is 0.269. The maximum absolute atomic E-state index is 13.4. The predicted octanol–water partition coefficient (Wildman–Crippen LogP) is 7.18. The van der Waals surface area contributed by atoms with Gasteiger partial charge in [0, 0.05) is 13.1 Å². The van der Waals surface area contributed by atoms with E-state index in [4.69, 9.17) is 4.18 Å². The van der Waals surface area contributed by atoms with Crippen LogP contribution >= 0.6 is 0 Å². The van der Waals surface area contributed by atoms with Crippen LogP contribution in [0.1, 0.15) is 30.5 Å². The van der Waals surface area contributed by atoms with Crippen molar-refractivity contribution in [1.82, 2.24) is 4.90 Å². The van der Waals surface area contributed by atoms with Crippen LogP contribution in [-0.2, 0) is 29.0 Å². The third-order valence-corrected chi connectivity index (χ3v) is 6.52. The van der Waals surface area contributed by atoms with Crippen molar-refractivity contribution >= 4 is 21.8 Å². The molecule has 0 unspecified atom stereocenters. The van der Waals surface area contributed by atoms with E-state index >= 15 is 0 Å². The third-order valence-electron chi connectivity index (χ3n) is 5.27. The number of para-hydroxylation sites is 1. The van der Waals surface area contributed by atoms with Crippen molar-refractivity contribution < 1.29 is 43.7 Å². The van der Waals surface area contributed by atoms with Gasteiger partial charge in [-0.3, -0.25) is 0 Å². The highest BCUT2D eigenvalue weighted by atomic mass is 32.2. The SMILES string of the molecule is CC(C)CN(Cc1cccc(OS(=O)(=O)c2cccc(C(F)(F)F)c2)c1)C(=O)Nc1ccccc1C(F)(F)F. The fourth-order valence-electron chi connectivity index (χ4n) is 3.61.